The van der Waals surface area contributed by atoms with Crippen LogP contribution in [0.2, 0.25) is 0 Å². The lowest BCUT2D eigenvalue weighted by Gasteiger charge is -2.02. The second-order valence-corrected chi connectivity index (χ2v) is 4.21. The van der Waals surface area contributed by atoms with Gasteiger partial charge in [0.05, 0.1) is 6.42 Å². The number of hydrogen-bond acceptors (Lipinski definition) is 4. The number of carbonyl (C=O) groups is 2. The van der Waals surface area contributed by atoms with E-state index in [1.807, 2.05) is 25.1 Å². The van der Waals surface area contributed by atoms with E-state index in [0.717, 1.165) is 6.42 Å². The maximum Gasteiger partial charge on any atom is 0.321 e. The molecule has 0 aromatic heterocycles. The fourth-order valence-electron chi connectivity index (χ4n) is 1.26. The zero-order chi connectivity index (χ0) is 14.8. The predicted octanol–water partition coefficient (Wildman–Crippen LogP) is 0.449. The highest BCUT2D eigenvalue weighted by molar-refractivity contribution is 5.80. The molecule has 0 aliphatic rings. The summed E-state index contributed by atoms with van der Waals surface area (Å²) in [6.07, 6.45) is 0.441. The molecule has 0 fully saturated rings. The maximum absolute atomic E-state index is 9.85. The van der Waals surface area contributed by atoms with Gasteiger partial charge < -0.3 is 21.7 Å². The fourth-order valence-corrected chi connectivity index (χ4v) is 1.26. The molecule has 0 bridgehead atoms. The van der Waals surface area contributed by atoms with E-state index in [9.17, 15) is 9.59 Å². The van der Waals surface area contributed by atoms with Crippen LogP contribution in [-0.4, -0.2) is 34.2 Å². The van der Waals surface area contributed by atoms with Gasteiger partial charge in [0.15, 0.2) is 0 Å². The molecular formula is C13H20N2O4. The Morgan fingerprint density at radius 2 is 1.68 bits per heavy atom. The van der Waals surface area contributed by atoms with Crippen LogP contribution in [0.4, 0.5) is 0 Å². The highest BCUT2D eigenvalue weighted by Gasteiger charge is 2.14. The lowest BCUT2D eigenvalue weighted by atomic mass is 10.1. The number of rotatable bonds is 5. The van der Waals surface area contributed by atoms with Gasteiger partial charge in [-0.15, -0.1) is 0 Å². The van der Waals surface area contributed by atoms with Gasteiger partial charge in [-0.3, -0.25) is 9.59 Å². The SMILES string of the molecule is C[C@H](N)Cc1ccccc1.NC(CC(=O)O)C(=O)O. The molecule has 1 rings (SSSR count). The normalized spacial score (nSPS) is 12.8. The standard InChI is InChI=1S/C9H13N.C4H7NO4/c1-8(10)7-9-5-3-2-4-6-9;5-2(4(8)9)1-3(6)7/h2-6,8H,7,10H2,1H3;2H,1,5H2,(H,6,7)(H,8,9)/t8-;/m0./s1. The molecule has 2 atom stereocenters. The quantitative estimate of drug-likeness (QED) is 0.614. The van der Waals surface area contributed by atoms with Gasteiger partial charge in [-0.1, -0.05) is 30.3 Å². The van der Waals surface area contributed by atoms with Crippen LogP contribution < -0.4 is 11.5 Å². The van der Waals surface area contributed by atoms with Gasteiger partial charge in [-0.25, -0.2) is 0 Å². The fraction of sp³-hybridized carbons (Fsp3) is 0.385. The Bertz CT molecular complexity index is 393. The van der Waals surface area contributed by atoms with E-state index in [1.54, 1.807) is 0 Å². The topological polar surface area (TPSA) is 127 Å². The minimum Gasteiger partial charge on any atom is -0.481 e. The maximum atomic E-state index is 9.85. The van der Waals surface area contributed by atoms with Gasteiger partial charge in [-0.05, 0) is 18.9 Å². The van der Waals surface area contributed by atoms with Crippen LogP contribution in [0.15, 0.2) is 30.3 Å². The number of benzene rings is 1. The molecule has 1 aromatic carbocycles. The number of carboxylic acid groups (broad SMARTS) is 2. The van der Waals surface area contributed by atoms with Crippen LogP contribution in [0.1, 0.15) is 18.9 Å². The van der Waals surface area contributed by atoms with Crippen LogP contribution in [-0.2, 0) is 16.0 Å². The van der Waals surface area contributed by atoms with Gasteiger partial charge in [0.25, 0.3) is 0 Å². The molecule has 0 aliphatic carbocycles. The summed E-state index contributed by atoms with van der Waals surface area (Å²) in [6, 6.07) is 9.28. The van der Waals surface area contributed by atoms with E-state index < -0.39 is 24.4 Å². The summed E-state index contributed by atoms with van der Waals surface area (Å²) in [5, 5.41) is 16.0. The van der Waals surface area contributed by atoms with Crippen molar-refractivity contribution in [2.45, 2.75) is 31.8 Å². The van der Waals surface area contributed by atoms with Crippen molar-refractivity contribution in [1.29, 1.82) is 0 Å². The summed E-state index contributed by atoms with van der Waals surface area (Å²) < 4.78 is 0. The number of hydrogen-bond donors (Lipinski definition) is 4. The van der Waals surface area contributed by atoms with Crippen molar-refractivity contribution < 1.29 is 19.8 Å². The van der Waals surface area contributed by atoms with Crippen LogP contribution in [0.3, 0.4) is 0 Å². The number of nitrogens with two attached hydrogens (primary N) is 2. The van der Waals surface area contributed by atoms with Crippen LogP contribution >= 0.6 is 0 Å². The molecule has 6 nitrogen and oxygen atoms in total. The summed E-state index contributed by atoms with van der Waals surface area (Å²) in [5.74, 6) is -2.50. The van der Waals surface area contributed by atoms with Crippen molar-refractivity contribution in [2.24, 2.45) is 11.5 Å². The first kappa shape index (κ1) is 17.1. The summed E-state index contributed by atoms with van der Waals surface area (Å²) in [7, 11) is 0. The highest BCUT2D eigenvalue weighted by atomic mass is 16.4. The molecule has 0 aliphatic heterocycles. The zero-order valence-electron chi connectivity index (χ0n) is 10.8. The van der Waals surface area contributed by atoms with Crippen molar-refractivity contribution >= 4 is 11.9 Å². The van der Waals surface area contributed by atoms with E-state index >= 15 is 0 Å². The molecule has 0 spiro atoms. The largest absolute Gasteiger partial charge is 0.481 e. The van der Waals surface area contributed by atoms with Crippen LogP contribution in [0.5, 0.6) is 0 Å². The molecule has 0 saturated carbocycles. The first-order valence-corrected chi connectivity index (χ1v) is 5.82. The van der Waals surface area contributed by atoms with E-state index in [1.165, 1.54) is 5.56 Å². The van der Waals surface area contributed by atoms with Crippen molar-refractivity contribution in [3.63, 3.8) is 0 Å². The monoisotopic (exact) mass is 268 g/mol. The van der Waals surface area contributed by atoms with E-state index in [4.69, 9.17) is 21.7 Å². The lowest BCUT2D eigenvalue weighted by molar-refractivity contribution is -0.144. The average molecular weight is 268 g/mol. The van der Waals surface area contributed by atoms with Gasteiger partial charge in [0.1, 0.15) is 6.04 Å². The molecule has 0 heterocycles. The minimum absolute atomic E-state index is 0.266. The molecule has 6 N–H and O–H groups in total. The molecule has 6 heteroatoms. The van der Waals surface area contributed by atoms with Crippen molar-refractivity contribution in [3.05, 3.63) is 35.9 Å². The molecule has 1 unspecified atom stereocenters. The molecule has 19 heavy (non-hydrogen) atoms. The van der Waals surface area contributed by atoms with Gasteiger partial charge in [0, 0.05) is 6.04 Å². The molecule has 0 radical (unpaired) electrons. The Morgan fingerprint density at radius 3 is 2.00 bits per heavy atom. The van der Waals surface area contributed by atoms with Crippen LogP contribution in [0.25, 0.3) is 0 Å². The summed E-state index contributed by atoms with van der Waals surface area (Å²) in [6.45, 7) is 2.02. The zero-order valence-corrected chi connectivity index (χ0v) is 10.8. The summed E-state index contributed by atoms with van der Waals surface area (Å²) in [5.41, 5.74) is 11.8. The first-order chi connectivity index (χ1) is 8.82. The second kappa shape index (κ2) is 9.07. The van der Waals surface area contributed by atoms with E-state index in [0.29, 0.717) is 0 Å². The molecule has 0 saturated heterocycles. The highest BCUT2D eigenvalue weighted by Crippen LogP contribution is 2.00. The number of carboxylic acids is 2. The van der Waals surface area contributed by atoms with Crippen LogP contribution in [0, 0.1) is 0 Å². The van der Waals surface area contributed by atoms with E-state index in [-0.39, 0.29) is 6.04 Å². The lowest BCUT2D eigenvalue weighted by Crippen LogP contribution is -2.32. The Kier molecular flexibility index (Phi) is 8.15. The Labute approximate surface area is 112 Å². The Hall–Kier alpha value is -1.92. The molecule has 0 amide bonds. The first-order valence-electron chi connectivity index (χ1n) is 5.82. The smallest absolute Gasteiger partial charge is 0.321 e. The third-order valence-electron chi connectivity index (χ3n) is 2.11. The third-order valence-corrected chi connectivity index (χ3v) is 2.11. The average Bonchev–Trinajstić information content (AvgIpc) is 2.29. The number of aliphatic carboxylic acids is 2. The summed E-state index contributed by atoms with van der Waals surface area (Å²) in [4.78, 5) is 19.6. The van der Waals surface area contributed by atoms with Crippen molar-refractivity contribution in [1.82, 2.24) is 0 Å². The Balaban J connectivity index is 0.000000344. The van der Waals surface area contributed by atoms with Gasteiger partial charge in [-0.2, -0.15) is 0 Å². The van der Waals surface area contributed by atoms with Gasteiger partial charge in [0.2, 0.25) is 0 Å². The third kappa shape index (κ3) is 9.75. The molecule has 106 valence electrons. The molecule has 1 aromatic rings. The summed E-state index contributed by atoms with van der Waals surface area (Å²) >= 11 is 0. The second-order valence-electron chi connectivity index (χ2n) is 4.21. The molecular weight excluding hydrogens is 248 g/mol. The Morgan fingerprint density at radius 1 is 1.16 bits per heavy atom. The van der Waals surface area contributed by atoms with Crippen molar-refractivity contribution in [3.8, 4) is 0 Å². The van der Waals surface area contributed by atoms with E-state index in [2.05, 4.69) is 12.1 Å². The minimum atomic E-state index is -1.29. The predicted molar refractivity (Wildman–Crippen MR) is 71.7 cm³/mol. The van der Waals surface area contributed by atoms with Crippen molar-refractivity contribution in [2.75, 3.05) is 0 Å². The van der Waals surface area contributed by atoms with Gasteiger partial charge >= 0.3 is 11.9 Å².